The van der Waals surface area contributed by atoms with Gasteiger partial charge in [0, 0.05) is 11.8 Å². The molecule has 0 atom stereocenters. The fourth-order valence-corrected chi connectivity index (χ4v) is 3.97. The Labute approximate surface area is 197 Å². The molecule has 0 N–H and O–H groups in total. The van der Waals surface area contributed by atoms with Gasteiger partial charge >= 0.3 is 6.36 Å². The van der Waals surface area contributed by atoms with E-state index in [1.54, 1.807) is 30.9 Å². The summed E-state index contributed by atoms with van der Waals surface area (Å²) in [5.74, 6) is -1.19. The normalized spacial score (nSPS) is 13.7. The summed E-state index contributed by atoms with van der Waals surface area (Å²) in [6.07, 6.45) is -4.84. The molecule has 178 valence electrons. The molecule has 0 unspecified atom stereocenters. The lowest BCUT2D eigenvalue weighted by Crippen LogP contribution is -2.45. The van der Waals surface area contributed by atoms with E-state index in [1.165, 1.54) is 30.2 Å². The number of pyridine rings is 1. The molecule has 1 aromatic heterocycles. The highest BCUT2D eigenvalue weighted by atomic mass is 35.5. The Kier molecular flexibility index (Phi) is 6.03. The number of aromatic nitrogens is 1. The lowest BCUT2D eigenvalue weighted by Gasteiger charge is -2.39. The van der Waals surface area contributed by atoms with Crippen LogP contribution < -0.4 is 19.3 Å². The molecule has 1 aliphatic rings. The zero-order valence-electron chi connectivity index (χ0n) is 18.2. The Hall–Kier alpha value is -3.53. The zero-order chi connectivity index (χ0) is 24.8. The molecule has 0 saturated carbocycles. The average molecular weight is 496 g/mol. The van der Waals surface area contributed by atoms with Crippen molar-refractivity contribution in [2.45, 2.75) is 20.2 Å². The number of hydrogen-bond donors (Lipinski definition) is 0. The van der Waals surface area contributed by atoms with Gasteiger partial charge in [0.25, 0.3) is 5.91 Å². The number of aryl methyl sites for hydroxylation is 2. The van der Waals surface area contributed by atoms with Crippen LogP contribution >= 0.6 is 11.6 Å². The van der Waals surface area contributed by atoms with Crippen molar-refractivity contribution in [1.29, 1.82) is 0 Å². The molecular formula is C23H18ClF4N3O3. The fourth-order valence-electron chi connectivity index (χ4n) is 3.81. The number of fused-ring (bicyclic) bond motifs is 1. The highest BCUT2D eigenvalue weighted by Crippen LogP contribution is 2.40. The summed E-state index contributed by atoms with van der Waals surface area (Å²) in [7, 11) is 1.47. The number of halogens is 5. The van der Waals surface area contributed by atoms with E-state index in [1.807, 2.05) is 0 Å². The number of carbonyl (C=O) groups excluding carboxylic acids is 1. The van der Waals surface area contributed by atoms with Gasteiger partial charge in [0.05, 0.1) is 34.8 Å². The first-order valence-electron chi connectivity index (χ1n) is 9.95. The molecule has 11 heteroatoms. The third-order valence-corrected chi connectivity index (χ3v) is 5.60. The van der Waals surface area contributed by atoms with Crippen LogP contribution in [0.2, 0.25) is 5.02 Å². The van der Waals surface area contributed by atoms with E-state index < -0.39 is 23.8 Å². The van der Waals surface area contributed by atoms with Crippen LogP contribution in [0.3, 0.4) is 0 Å². The zero-order valence-corrected chi connectivity index (χ0v) is 19.0. The smallest absolute Gasteiger partial charge is 0.481 e. The van der Waals surface area contributed by atoms with E-state index in [-0.39, 0.29) is 22.9 Å². The quantitative estimate of drug-likeness (QED) is 0.406. The summed E-state index contributed by atoms with van der Waals surface area (Å²) in [6, 6.07) is 9.42. The van der Waals surface area contributed by atoms with Crippen LogP contribution in [-0.2, 0) is 0 Å². The van der Waals surface area contributed by atoms with Crippen LogP contribution in [0, 0.1) is 19.7 Å². The van der Waals surface area contributed by atoms with Gasteiger partial charge in [-0.2, -0.15) is 0 Å². The molecule has 0 radical (unpaired) electrons. The number of methoxy groups -OCH3 is 1. The molecule has 1 aliphatic heterocycles. The summed E-state index contributed by atoms with van der Waals surface area (Å²) in [4.78, 5) is 20.7. The molecule has 6 nitrogen and oxygen atoms in total. The maximum absolute atomic E-state index is 14.4. The molecular weight excluding hydrogens is 478 g/mol. The maximum atomic E-state index is 14.4. The molecule has 34 heavy (non-hydrogen) atoms. The number of hydrogen-bond acceptors (Lipinski definition) is 5. The predicted octanol–water partition coefficient (Wildman–Crippen LogP) is 6.15. The summed E-state index contributed by atoms with van der Waals surface area (Å²) < 4.78 is 61.4. The topological polar surface area (TPSA) is 54.9 Å². The number of rotatable bonds is 4. The summed E-state index contributed by atoms with van der Waals surface area (Å²) >= 11 is 5.97. The van der Waals surface area contributed by atoms with E-state index in [2.05, 4.69) is 9.72 Å². The lowest BCUT2D eigenvalue weighted by atomic mass is 10.0. The van der Waals surface area contributed by atoms with Crippen LogP contribution in [0.5, 0.6) is 11.6 Å². The number of carbonyl (C=O) groups is 1. The summed E-state index contributed by atoms with van der Waals surface area (Å²) in [6.45, 7) is 3.24. The Morgan fingerprint density at radius 1 is 1.00 bits per heavy atom. The molecule has 0 spiro atoms. The molecule has 0 aliphatic carbocycles. The van der Waals surface area contributed by atoms with Gasteiger partial charge in [-0.3, -0.25) is 9.69 Å². The highest BCUT2D eigenvalue weighted by molar-refractivity contribution is 6.31. The van der Waals surface area contributed by atoms with Gasteiger partial charge in [0.2, 0.25) is 5.88 Å². The summed E-state index contributed by atoms with van der Waals surface area (Å²) in [5, 5.41) is -0.232. The molecule has 1 amide bonds. The SMILES string of the molecule is COc1ccc(N2CN(c3ccc(OC(F)(F)F)cc3C)c3cc(F)c(Cl)cc3C2=O)c(C)n1. The van der Waals surface area contributed by atoms with Crippen molar-refractivity contribution in [3.8, 4) is 11.6 Å². The van der Waals surface area contributed by atoms with Crippen LogP contribution in [-0.4, -0.2) is 31.0 Å². The summed E-state index contributed by atoms with van der Waals surface area (Å²) in [5.41, 5.74) is 2.22. The minimum Gasteiger partial charge on any atom is -0.481 e. The number of benzene rings is 2. The second kappa shape index (κ2) is 8.68. The second-order valence-electron chi connectivity index (χ2n) is 7.54. The molecule has 0 saturated heterocycles. The van der Waals surface area contributed by atoms with Crippen molar-refractivity contribution < 1.29 is 31.8 Å². The van der Waals surface area contributed by atoms with Crippen LogP contribution in [0.25, 0.3) is 0 Å². The Morgan fingerprint density at radius 3 is 2.32 bits per heavy atom. The second-order valence-corrected chi connectivity index (χ2v) is 7.95. The minimum atomic E-state index is -4.84. The highest BCUT2D eigenvalue weighted by Gasteiger charge is 2.35. The molecule has 0 bridgehead atoms. The van der Waals surface area contributed by atoms with E-state index in [0.717, 1.165) is 12.1 Å². The average Bonchev–Trinajstić information content (AvgIpc) is 2.75. The minimum absolute atomic E-state index is 0.0535. The van der Waals surface area contributed by atoms with Gasteiger partial charge in [-0.25, -0.2) is 9.37 Å². The van der Waals surface area contributed by atoms with Crippen LogP contribution in [0.15, 0.2) is 42.5 Å². The van der Waals surface area contributed by atoms with Crippen LogP contribution in [0.1, 0.15) is 21.6 Å². The van der Waals surface area contributed by atoms with Gasteiger partial charge in [-0.1, -0.05) is 11.6 Å². The van der Waals surface area contributed by atoms with Crippen molar-refractivity contribution in [3.63, 3.8) is 0 Å². The number of amides is 1. The van der Waals surface area contributed by atoms with Crippen molar-refractivity contribution in [1.82, 2.24) is 4.98 Å². The Balaban J connectivity index is 1.83. The van der Waals surface area contributed by atoms with E-state index in [0.29, 0.717) is 28.5 Å². The van der Waals surface area contributed by atoms with Crippen molar-refractivity contribution >= 4 is 34.6 Å². The van der Waals surface area contributed by atoms with Gasteiger partial charge in [-0.05, 0) is 55.8 Å². The van der Waals surface area contributed by atoms with E-state index >= 15 is 0 Å². The number of ether oxygens (including phenoxy) is 2. The van der Waals surface area contributed by atoms with E-state index in [9.17, 15) is 22.4 Å². The predicted molar refractivity (Wildman–Crippen MR) is 119 cm³/mol. The number of alkyl halides is 3. The van der Waals surface area contributed by atoms with Crippen molar-refractivity contribution in [2.24, 2.45) is 0 Å². The molecule has 0 fully saturated rings. The molecule has 3 aromatic rings. The molecule has 2 heterocycles. The fraction of sp³-hybridized carbons (Fsp3) is 0.217. The first-order valence-corrected chi connectivity index (χ1v) is 10.3. The van der Waals surface area contributed by atoms with Gasteiger partial charge in [0.15, 0.2) is 0 Å². The van der Waals surface area contributed by atoms with Crippen molar-refractivity contribution in [3.05, 3.63) is 70.1 Å². The Bertz CT molecular complexity index is 1280. The lowest BCUT2D eigenvalue weighted by molar-refractivity contribution is -0.274. The third-order valence-electron chi connectivity index (χ3n) is 5.31. The van der Waals surface area contributed by atoms with Crippen LogP contribution in [0.4, 0.5) is 34.6 Å². The van der Waals surface area contributed by atoms with Gasteiger partial charge in [0.1, 0.15) is 18.2 Å². The number of nitrogens with zero attached hydrogens (tertiary/aromatic N) is 3. The van der Waals surface area contributed by atoms with Crippen molar-refractivity contribution in [2.75, 3.05) is 23.6 Å². The van der Waals surface area contributed by atoms with Gasteiger partial charge in [-0.15, -0.1) is 13.2 Å². The monoisotopic (exact) mass is 495 g/mol. The third kappa shape index (κ3) is 4.45. The Morgan fingerprint density at radius 2 is 1.71 bits per heavy atom. The largest absolute Gasteiger partial charge is 0.573 e. The van der Waals surface area contributed by atoms with E-state index in [4.69, 9.17) is 16.3 Å². The molecule has 2 aromatic carbocycles. The standard InChI is InChI=1S/C23H18ClF4N3O3/c1-12-8-14(34-23(26,27)28)4-5-18(12)30-11-31(19-6-7-21(33-3)29-13(19)2)22(32)15-9-16(24)17(25)10-20(15)30/h4-10H,11H2,1-3H3. The molecule has 4 rings (SSSR count). The first kappa shape index (κ1) is 23.6. The number of anilines is 3. The maximum Gasteiger partial charge on any atom is 0.573 e. The first-order chi connectivity index (χ1) is 16.0. The van der Waals surface area contributed by atoms with Gasteiger partial charge < -0.3 is 14.4 Å².